The molecule has 0 spiro atoms. The summed E-state index contributed by atoms with van der Waals surface area (Å²) in [7, 11) is 0. The lowest BCUT2D eigenvalue weighted by atomic mass is 10.0. The average Bonchev–Trinajstić information content (AvgIpc) is 2.35. The van der Waals surface area contributed by atoms with Crippen molar-refractivity contribution < 1.29 is 28.5 Å². The Morgan fingerprint density at radius 1 is 1.42 bits per heavy atom. The van der Waals surface area contributed by atoms with Gasteiger partial charge in [0, 0.05) is 11.4 Å². The van der Waals surface area contributed by atoms with Crippen LogP contribution in [0.1, 0.15) is 23.7 Å². The molecule has 0 aliphatic carbocycles. The zero-order valence-corrected chi connectivity index (χ0v) is 10.6. The molecule has 19 heavy (non-hydrogen) atoms. The number of aliphatic carboxylic acids is 1. The van der Waals surface area contributed by atoms with E-state index in [4.69, 9.17) is 16.7 Å². The van der Waals surface area contributed by atoms with Crippen LogP contribution in [-0.4, -0.2) is 28.7 Å². The molecule has 0 saturated heterocycles. The monoisotopic (exact) mass is 294 g/mol. The van der Waals surface area contributed by atoms with Gasteiger partial charge < -0.3 is 14.9 Å². The second-order valence-corrected chi connectivity index (χ2v) is 4.13. The number of hydrogen-bond acceptors (Lipinski definition) is 3. The van der Waals surface area contributed by atoms with Crippen molar-refractivity contribution >= 4 is 17.6 Å². The molecule has 0 amide bonds. The van der Waals surface area contributed by atoms with Gasteiger partial charge in [-0.05, 0) is 18.4 Å². The van der Waals surface area contributed by atoms with E-state index in [9.17, 15) is 18.7 Å². The lowest BCUT2D eigenvalue weighted by molar-refractivity contribution is -0.147. The highest BCUT2D eigenvalue weighted by Gasteiger charge is 2.24. The van der Waals surface area contributed by atoms with Crippen molar-refractivity contribution in [2.24, 2.45) is 0 Å². The topological polar surface area (TPSA) is 66.8 Å². The van der Waals surface area contributed by atoms with Crippen LogP contribution in [0.5, 0.6) is 5.75 Å². The van der Waals surface area contributed by atoms with Gasteiger partial charge in [0.15, 0.2) is 6.10 Å². The lowest BCUT2D eigenvalue weighted by Crippen LogP contribution is -2.15. The number of hydrogen-bond donors (Lipinski definition) is 2. The molecule has 1 rings (SSSR count). The van der Waals surface area contributed by atoms with Crippen molar-refractivity contribution in [3.8, 4) is 5.75 Å². The number of aliphatic hydroxyl groups is 1. The summed E-state index contributed by atoms with van der Waals surface area (Å²) >= 11 is 5.53. The van der Waals surface area contributed by atoms with Crippen LogP contribution in [0, 0.1) is 0 Å². The number of carboxylic acids is 1. The highest BCUT2D eigenvalue weighted by molar-refractivity contribution is 6.17. The zero-order chi connectivity index (χ0) is 14.4. The van der Waals surface area contributed by atoms with Gasteiger partial charge in [0.05, 0.1) is 0 Å². The van der Waals surface area contributed by atoms with Crippen LogP contribution in [0.2, 0.25) is 0 Å². The summed E-state index contributed by atoms with van der Waals surface area (Å²) in [6.45, 7) is -3.10. The van der Waals surface area contributed by atoms with Gasteiger partial charge >= 0.3 is 12.6 Å². The highest BCUT2D eigenvalue weighted by Crippen LogP contribution is 2.31. The maximum absolute atomic E-state index is 12.4. The fraction of sp³-hybridized carbons (Fsp3) is 0.417. The Morgan fingerprint density at radius 2 is 2.11 bits per heavy atom. The van der Waals surface area contributed by atoms with E-state index in [0.717, 1.165) is 0 Å². The number of aryl methyl sites for hydroxylation is 1. The molecule has 0 aliphatic heterocycles. The summed E-state index contributed by atoms with van der Waals surface area (Å²) in [5, 5.41) is 18.2. The SMILES string of the molecule is O=C(O)C(O)c1cccc(CCCCl)c1OC(F)F. The second-order valence-electron chi connectivity index (χ2n) is 3.75. The molecule has 0 heterocycles. The molecule has 2 N–H and O–H groups in total. The van der Waals surface area contributed by atoms with Crippen LogP contribution in [0.4, 0.5) is 8.78 Å². The third-order valence-corrected chi connectivity index (χ3v) is 2.71. The Bertz CT molecular complexity index is 440. The number of halogens is 3. The standard InChI is InChI=1S/C12H13ClF2O4/c13-6-2-4-7-3-1-5-8(9(16)11(17)18)10(7)19-12(14)15/h1,3,5,9,12,16H,2,4,6H2,(H,17,18). The third-order valence-electron chi connectivity index (χ3n) is 2.44. The van der Waals surface area contributed by atoms with E-state index in [2.05, 4.69) is 4.74 Å². The average molecular weight is 295 g/mol. The first-order valence-electron chi connectivity index (χ1n) is 5.50. The van der Waals surface area contributed by atoms with Crippen LogP contribution >= 0.6 is 11.6 Å². The van der Waals surface area contributed by atoms with Gasteiger partial charge in [0.1, 0.15) is 5.75 Å². The highest BCUT2D eigenvalue weighted by atomic mass is 35.5. The zero-order valence-electron chi connectivity index (χ0n) is 9.85. The van der Waals surface area contributed by atoms with E-state index in [1.54, 1.807) is 0 Å². The molecule has 1 unspecified atom stereocenters. The van der Waals surface area contributed by atoms with Gasteiger partial charge in [-0.15, -0.1) is 11.6 Å². The fourth-order valence-corrected chi connectivity index (χ4v) is 1.77. The van der Waals surface area contributed by atoms with Crippen LogP contribution in [0.25, 0.3) is 0 Å². The summed E-state index contributed by atoms with van der Waals surface area (Å²) in [6, 6.07) is 4.24. The molecule has 0 fully saturated rings. The fourth-order valence-electron chi connectivity index (χ4n) is 1.64. The summed E-state index contributed by atoms with van der Waals surface area (Å²) in [5.74, 6) is -1.49. The quantitative estimate of drug-likeness (QED) is 0.759. The smallest absolute Gasteiger partial charge is 0.387 e. The van der Waals surface area contributed by atoms with E-state index in [-0.39, 0.29) is 11.3 Å². The minimum atomic E-state index is -3.10. The predicted molar refractivity (Wildman–Crippen MR) is 64.7 cm³/mol. The molecule has 1 atom stereocenters. The van der Waals surface area contributed by atoms with Crippen LogP contribution < -0.4 is 4.74 Å². The van der Waals surface area contributed by atoms with Gasteiger partial charge in [-0.3, -0.25) is 0 Å². The molecule has 1 aromatic rings. The second kappa shape index (κ2) is 7.25. The summed E-state index contributed by atoms with van der Waals surface area (Å²) in [4.78, 5) is 10.7. The lowest BCUT2D eigenvalue weighted by Gasteiger charge is -2.16. The van der Waals surface area contributed by atoms with E-state index in [1.807, 2.05) is 0 Å². The predicted octanol–water partition coefficient (Wildman–Crippen LogP) is 2.58. The van der Waals surface area contributed by atoms with Gasteiger partial charge in [-0.2, -0.15) is 8.78 Å². The molecule has 4 nitrogen and oxygen atoms in total. The van der Waals surface area contributed by atoms with Gasteiger partial charge in [0.2, 0.25) is 0 Å². The molecule has 0 aliphatic rings. The molecule has 0 saturated carbocycles. The first kappa shape index (κ1) is 15.7. The van der Waals surface area contributed by atoms with Crippen molar-refractivity contribution in [1.29, 1.82) is 0 Å². The first-order chi connectivity index (χ1) is 8.97. The Balaban J connectivity index is 3.17. The number of benzene rings is 1. The number of aliphatic hydroxyl groups excluding tert-OH is 1. The van der Waals surface area contributed by atoms with Gasteiger partial charge in [-0.1, -0.05) is 18.2 Å². The normalized spacial score (nSPS) is 12.5. The molecule has 0 aromatic heterocycles. The van der Waals surface area contributed by atoms with E-state index in [1.165, 1.54) is 18.2 Å². The molecule has 7 heteroatoms. The number of ether oxygens (including phenoxy) is 1. The maximum atomic E-state index is 12.4. The Kier molecular flexibility index (Phi) is 5.98. The number of para-hydroxylation sites is 1. The summed E-state index contributed by atoms with van der Waals surface area (Å²) in [5.41, 5.74) is 0.193. The Labute approximate surface area is 113 Å². The molecule has 0 bridgehead atoms. The number of alkyl halides is 3. The largest absolute Gasteiger partial charge is 0.479 e. The first-order valence-corrected chi connectivity index (χ1v) is 6.04. The molecular weight excluding hydrogens is 282 g/mol. The van der Waals surface area contributed by atoms with E-state index < -0.39 is 18.7 Å². The number of carbonyl (C=O) groups is 1. The van der Waals surface area contributed by atoms with Gasteiger partial charge in [-0.25, -0.2) is 4.79 Å². The Morgan fingerprint density at radius 3 is 2.63 bits per heavy atom. The number of carboxylic acid groups (broad SMARTS) is 1. The van der Waals surface area contributed by atoms with E-state index >= 15 is 0 Å². The van der Waals surface area contributed by atoms with Crippen molar-refractivity contribution in [1.82, 2.24) is 0 Å². The van der Waals surface area contributed by atoms with Crippen molar-refractivity contribution in [2.75, 3.05) is 5.88 Å². The minimum absolute atomic E-state index is 0.195. The molecule has 106 valence electrons. The summed E-state index contributed by atoms with van der Waals surface area (Å²) in [6.07, 6.45) is -1.04. The van der Waals surface area contributed by atoms with Gasteiger partial charge in [0.25, 0.3) is 0 Å². The molecule has 0 radical (unpaired) electrons. The van der Waals surface area contributed by atoms with Crippen LogP contribution in [0.3, 0.4) is 0 Å². The molecule has 1 aromatic carbocycles. The third kappa shape index (κ3) is 4.33. The summed E-state index contributed by atoms with van der Waals surface area (Å²) < 4.78 is 29.1. The Hall–Kier alpha value is -1.40. The van der Waals surface area contributed by atoms with Crippen LogP contribution in [-0.2, 0) is 11.2 Å². The number of rotatable bonds is 7. The molecular formula is C12H13ClF2O4. The van der Waals surface area contributed by atoms with Crippen LogP contribution in [0.15, 0.2) is 18.2 Å². The van der Waals surface area contributed by atoms with Crippen molar-refractivity contribution in [2.45, 2.75) is 25.6 Å². The van der Waals surface area contributed by atoms with Crippen molar-refractivity contribution in [3.05, 3.63) is 29.3 Å². The maximum Gasteiger partial charge on any atom is 0.387 e. The van der Waals surface area contributed by atoms with E-state index in [0.29, 0.717) is 24.3 Å². The minimum Gasteiger partial charge on any atom is -0.479 e. The van der Waals surface area contributed by atoms with Crippen molar-refractivity contribution in [3.63, 3.8) is 0 Å².